The number of likely N-dealkylation sites (tertiary alicyclic amines) is 1. The third-order valence-corrected chi connectivity index (χ3v) is 5.78. The number of carbonyl (C=O) groups excluding carboxylic acids is 2. The first-order chi connectivity index (χ1) is 11.3. The Morgan fingerprint density at radius 2 is 2.04 bits per heavy atom. The molecular formula is C18H27N3O3. The zero-order chi connectivity index (χ0) is 17.5. The zero-order valence-corrected chi connectivity index (χ0v) is 14.5. The van der Waals surface area contributed by atoms with Gasteiger partial charge in [-0.2, -0.15) is 0 Å². The van der Waals surface area contributed by atoms with E-state index in [1.165, 1.54) is 0 Å². The Morgan fingerprint density at radius 1 is 1.29 bits per heavy atom. The van der Waals surface area contributed by atoms with Crippen LogP contribution in [0.2, 0.25) is 0 Å². The number of carbonyl (C=O) groups is 2. The minimum absolute atomic E-state index is 0.0692. The Kier molecular flexibility index (Phi) is 4.42. The molecule has 3 N–H and O–H groups in total. The fourth-order valence-electron chi connectivity index (χ4n) is 4.47. The summed E-state index contributed by atoms with van der Waals surface area (Å²) in [6, 6.07) is 1.64. The minimum Gasteiger partial charge on any atom is -0.390 e. The third kappa shape index (κ3) is 2.95. The highest BCUT2D eigenvalue weighted by atomic mass is 16.3. The quantitative estimate of drug-likeness (QED) is 0.882. The van der Waals surface area contributed by atoms with Crippen molar-refractivity contribution < 1.29 is 14.7 Å². The standard InChI is InChI=1S/C18H27N3O3/c1-18(24)8-4-3-6-13(18)14-7-5-9-21(14)17(23)15-10-12(16(19)22)11-20(15)2/h10-11,13-14,24H,3-9H2,1-2H3,(H2,19,22)/t13-,14+,18-/m0/s1. The predicted molar refractivity (Wildman–Crippen MR) is 90.6 cm³/mol. The molecule has 0 unspecified atom stereocenters. The van der Waals surface area contributed by atoms with Crippen LogP contribution in [0.1, 0.15) is 66.3 Å². The number of aliphatic hydroxyl groups is 1. The SMILES string of the molecule is Cn1cc(C(N)=O)cc1C(=O)N1CCC[C@@H]1[C@@H]1CCCC[C@]1(C)O. The summed E-state index contributed by atoms with van der Waals surface area (Å²) in [5, 5.41) is 10.8. The molecule has 132 valence electrons. The van der Waals surface area contributed by atoms with E-state index in [1.807, 2.05) is 11.8 Å². The maximum atomic E-state index is 13.0. The molecule has 0 spiro atoms. The van der Waals surface area contributed by atoms with Gasteiger partial charge in [-0.05, 0) is 38.7 Å². The van der Waals surface area contributed by atoms with Crippen molar-refractivity contribution in [2.75, 3.05) is 6.54 Å². The van der Waals surface area contributed by atoms with Gasteiger partial charge in [-0.3, -0.25) is 9.59 Å². The van der Waals surface area contributed by atoms with Gasteiger partial charge in [-0.1, -0.05) is 12.8 Å². The van der Waals surface area contributed by atoms with E-state index in [2.05, 4.69) is 0 Å². The Labute approximate surface area is 142 Å². The highest BCUT2D eigenvalue weighted by molar-refractivity contribution is 5.99. The number of hydrogen-bond acceptors (Lipinski definition) is 3. The Balaban J connectivity index is 1.85. The van der Waals surface area contributed by atoms with Crippen molar-refractivity contribution in [1.29, 1.82) is 0 Å². The molecule has 2 aliphatic rings. The second kappa shape index (κ2) is 6.24. The Bertz CT molecular complexity index is 650. The lowest BCUT2D eigenvalue weighted by molar-refractivity contribution is -0.0578. The van der Waals surface area contributed by atoms with Gasteiger partial charge < -0.3 is 20.3 Å². The number of nitrogens with two attached hydrogens (primary N) is 1. The van der Waals surface area contributed by atoms with Crippen LogP contribution in [0.4, 0.5) is 0 Å². The van der Waals surface area contributed by atoms with Crippen LogP contribution in [0, 0.1) is 5.92 Å². The normalized spacial score (nSPS) is 30.5. The van der Waals surface area contributed by atoms with E-state index < -0.39 is 11.5 Å². The number of aryl methyl sites for hydroxylation is 1. The molecule has 1 aromatic heterocycles. The van der Waals surface area contributed by atoms with E-state index in [-0.39, 0.29) is 17.9 Å². The fourth-order valence-corrected chi connectivity index (χ4v) is 4.47. The van der Waals surface area contributed by atoms with Gasteiger partial charge in [-0.15, -0.1) is 0 Å². The number of nitrogens with zero attached hydrogens (tertiary/aromatic N) is 2. The molecule has 2 fully saturated rings. The molecule has 0 radical (unpaired) electrons. The van der Waals surface area contributed by atoms with Gasteiger partial charge in [0.2, 0.25) is 5.91 Å². The minimum atomic E-state index is -0.710. The van der Waals surface area contributed by atoms with Crippen molar-refractivity contribution in [3.05, 3.63) is 23.5 Å². The summed E-state index contributed by atoms with van der Waals surface area (Å²) >= 11 is 0. The van der Waals surface area contributed by atoms with Gasteiger partial charge in [0.05, 0.1) is 11.2 Å². The molecule has 2 amide bonds. The Morgan fingerprint density at radius 3 is 2.67 bits per heavy atom. The maximum absolute atomic E-state index is 13.0. The van der Waals surface area contributed by atoms with Crippen LogP contribution in [0.3, 0.4) is 0 Å². The second-order valence-electron chi connectivity index (χ2n) is 7.51. The largest absolute Gasteiger partial charge is 0.390 e. The smallest absolute Gasteiger partial charge is 0.270 e. The molecule has 0 bridgehead atoms. The lowest BCUT2D eigenvalue weighted by atomic mass is 9.72. The summed E-state index contributed by atoms with van der Waals surface area (Å²) in [6.07, 6.45) is 7.39. The number of rotatable bonds is 3. The summed E-state index contributed by atoms with van der Waals surface area (Å²) in [4.78, 5) is 26.3. The van der Waals surface area contributed by atoms with Crippen LogP contribution >= 0.6 is 0 Å². The molecule has 3 atom stereocenters. The molecule has 6 nitrogen and oxygen atoms in total. The summed E-state index contributed by atoms with van der Waals surface area (Å²) in [5.41, 5.74) is 5.44. The van der Waals surface area contributed by atoms with Gasteiger partial charge in [-0.25, -0.2) is 0 Å². The first-order valence-electron chi connectivity index (χ1n) is 8.81. The number of aromatic nitrogens is 1. The molecule has 1 saturated carbocycles. The van der Waals surface area contributed by atoms with Crippen LogP contribution in [0.15, 0.2) is 12.3 Å². The van der Waals surface area contributed by atoms with E-state index in [1.54, 1.807) is 23.9 Å². The van der Waals surface area contributed by atoms with Crippen LogP contribution in [-0.2, 0) is 7.05 Å². The lowest BCUT2D eigenvalue weighted by Gasteiger charge is -2.43. The van der Waals surface area contributed by atoms with Crippen molar-refractivity contribution >= 4 is 11.8 Å². The predicted octanol–water partition coefficient (Wildman–Crippen LogP) is 1.67. The van der Waals surface area contributed by atoms with Crippen molar-refractivity contribution in [3.8, 4) is 0 Å². The molecule has 1 saturated heterocycles. The second-order valence-corrected chi connectivity index (χ2v) is 7.51. The van der Waals surface area contributed by atoms with Crippen molar-refractivity contribution in [1.82, 2.24) is 9.47 Å². The van der Waals surface area contributed by atoms with Crippen LogP contribution < -0.4 is 5.73 Å². The third-order valence-electron chi connectivity index (χ3n) is 5.78. The monoisotopic (exact) mass is 333 g/mol. The molecule has 0 aromatic carbocycles. The number of amides is 2. The highest BCUT2D eigenvalue weighted by Crippen LogP contribution is 2.41. The van der Waals surface area contributed by atoms with E-state index in [9.17, 15) is 14.7 Å². The molecule has 1 aliphatic carbocycles. The summed E-state index contributed by atoms with van der Waals surface area (Å²) in [7, 11) is 1.75. The van der Waals surface area contributed by atoms with Crippen molar-refractivity contribution in [2.24, 2.45) is 18.7 Å². The van der Waals surface area contributed by atoms with E-state index in [4.69, 9.17) is 5.73 Å². The first-order valence-corrected chi connectivity index (χ1v) is 8.81. The topological polar surface area (TPSA) is 88.6 Å². The van der Waals surface area contributed by atoms with Crippen LogP contribution in [0.5, 0.6) is 0 Å². The average molecular weight is 333 g/mol. The molecule has 3 rings (SSSR count). The van der Waals surface area contributed by atoms with Gasteiger partial charge >= 0.3 is 0 Å². The molecule has 1 aliphatic heterocycles. The van der Waals surface area contributed by atoms with E-state index in [0.29, 0.717) is 17.8 Å². The molecule has 1 aromatic rings. The Hall–Kier alpha value is -1.82. The van der Waals surface area contributed by atoms with Gasteiger partial charge in [0.15, 0.2) is 0 Å². The summed E-state index contributed by atoms with van der Waals surface area (Å²) in [6.45, 7) is 2.61. The van der Waals surface area contributed by atoms with Crippen LogP contribution in [0.25, 0.3) is 0 Å². The van der Waals surface area contributed by atoms with Crippen molar-refractivity contribution in [3.63, 3.8) is 0 Å². The maximum Gasteiger partial charge on any atom is 0.270 e. The van der Waals surface area contributed by atoms with Crippen LogP contribution in [-0.4, -0.2) is 44.6 Å². The summed E-state index contributed by atoms with van der Waals surface area (Å²) < 4.78 is 1.66. The highest BCUT2D eigenvalue weighted by Gasteiger charge is 2.45. The average Bonchev–Trinajstić information content (AvgIpc) is 3.13. The van der Waals surface area contributed by atoms with Crippen molar-refractivity contribution in [2.45, 2.75) is 57.1 Å². The lowest BCUT2D eigenvalue weighted by Crippen LogP contribution is -2.50. The molecule has 6 heteroatoms. The fraction of sp³-hybridized carbons (Fsp3) is 0.667. The molecule has 2 heterocycles. The van der Waals surface area contributed by atoms with Gasteiger partial charge in [0.25, 0.3) is 5.91 Å². The van der Waals surface area contributed by atoms with Gasteiger partial charge in [0.1, 0.15) is 5.69 Å². The summed E-state index contributed by atoms with van der Waals surface area (Å²) in [5.74, 6) is -0.486. The van der Waals surface area contributed by atoms with E-state index >= 15 is 0 Å². The molecular weight excluding hydrogens is 306 g/mol. The molecule has 24 heavy (non-hydrogen) atoms. The first kappa shape index (κ1) is 17.0. The van der Waals surface area contributed by atoms with E-state index in [0.717, 1.165) is 38.5 Å². The number of primary amides is 1. The zero-order valence-electron chi connectivity index (χ0n) is 14.5. The van der Waals surface area contributed by atoms with Gasteiger partial charge in [0, 0.05) is 31.7 Å². The number of hydrogen-bond donors (Lipinski definition) is 2.